The third kappa shape index (κ3) is 1.70. The van der Waals surface area contributed by atoms with Gasteiger partial charge in [-0.05, 0) is 0 Å². The number of carbonyl (C=O) groups excluding carboxylic acids is 1. The Bertz CT molecular complexity index is 295. The number of thiophene rings is 1. The van der Waals surface area contributed by atoms with Crippen LogP contribution in [0.3, 0.4) is 0 Å². The molecule has 12 heavy (non-hydrogen) atoms. The Balaban J connectivity index is 2.96. The van der Waals surface area contributed by atoms with E-state index in [0.717, 1.165) is 11.3 Å². The molecule has 0 radical (unpaired) electrons. The molecule has 0 N–H and O–H groups in total. The third-order valence-electron chi connectivity index (χ3n) is 1.26. The van der Waals surface area contributed by atoms with E-state index in [4.69, 9.17) is 16.3 Å². The monoisotopic (exact) mass is 206 g/mol. The highest BCUT2D eigenvalue weighted by molar-refractivity contribution is 7.18. The molecule has 1 aromatic heterocycles. The molecule has 1 rings (SSSR count). The van der Waals surface area contributed by atoms with Gasteiger partial charge in [0.2, 0.25) is 0 Å². The Morgan fingerprint density at radius 3 is 2.67 bits per heavy atom. The zero-order valence-corrected chi connectivity index (χ0v) is 8.16. The predicted molar refractivity (Wildman–Crippen MR) is 47.2 cm³/mol. The Morgan fingerprint density at radius 1 is 1.58 bits per heavy atom. The molecule has 3 nitrogen and oxygen atoms in total. The van der Waals surface area contributed by atoms with Gasteiger partial charge < -0.3 is 9.47 Å². The Labute approximate surface area is 78.9 Å². The summed E-state index contributed by atoms with van der Waals surface area (Å²) in [5, 5.41) is 0. The normalized spacial score (nSPS) is 9.58. The summed E-state index contributed by atoms with van der Waals surface area (Å²) in [5.74, 6) is 0.104. The van der Waals surface area contributed by atoms with Gasteiger partial charge in [-0.15, -0.1) is 11.3 Å². The summed E-state index contributed by atoms with van der Waals surface area (Å²) in [5.41, 5.74) is 0. The quantitative estimate of drug-likeness (QED) is 0.696. The second-order valence-electron chi connectivity index (χ2n) is 1.94. The van der Waals surface area contributed by atoms with Gasteiger partial charge in [-0.3, -0.25) is 0 Å². The number of hydrogen-bond acceptors (Lipinski definition) is 4. The fourth-order valence-electron chi connectivity index (χ4n) is 0.692. The van der Waals surface area contributed by atoms with E-state index in [1.54, 1.807) is 6.07 Å². The molecule has 0 atom stereocenters. The molecule has 66 valence electrons. The number of methoxy groups -OCH3 is 2. The van der Waals surface area contributed by atoms with Gasteiger partial charge in [0.15, 0.2) is 0 Å². The van der Waals surface area contributed by atoms with E-state index in [1.165, 1.54) is 14.2 Å². The number of hydrogen-bond donors (Lipinski definition) is 0. The van der Waals surface area contributed by atoms with E-state index in [9.17, 15) is 4.79 Å². The molecule has 0 aliphatic rings. The van der Waals surface area contributed by atoms with Gasteiger partial charge in [-0.2, -0.15) is 0 Å². The first-order valence-electron chi connectivity index (χ1n) is 3.10. The Morgan fingerprint density at radius 2 is 2.25 bits per heavy atom. The molecule has 0 unspecified atom stereocenters. The van der Waals surface area contributed by atoms with Crippen LogP contribution in [0.5, 0.6) is 5.75 Å². The lowest BCUT2D eigenvalue weighted by atomic mass is 10.4. The van der Waals surface area contributed by atoms with Crippen LogP contribution in [0.25, 0.3) is 0 Å². The Kier molecular flexibility index (Phi) is 2.94. The first-order valence-corrected chi connectivity index (χ1v) is 4.30. The summed E-state index contributed by atoms with van der Waals surface area (Å²) >= 11 is 6.87. The molecule has 0 spiro atoms. The van der Waals surface area contributed by atoms with Crippen LogP contribution < -0.4 is 4.74 Å². The highest BCUT2D eigenvalue weighted by Crippen LogP contribution is 2.33. The summed E-state index contributed by atoms with van der Waals surface area (Å²) in [7, 11) is 2.82. The topological polar surface area (TPSA) is 35.5 Å². The van der Waals surface area contributed by atoms with Gasteiger partial charge in [-0.1, -0.05) is 11.6 Å². The van der Waals surface area contributed by atoms with E-state index in [1.807, 2.05) is 0 Å². The fraction of sp³-hybridized carbons (Fsp3) is 0.286. The van der Waals surface area contributed by atoms with Crippen molar-refractivity contribution in [3.05, 3.63) is 15.3 Å². The Hall–Kier alpha value is -0.740. The number of ether oxygens (including phenoxy) is 2. The minimum atomic E-state index is -0.398. The molecule has 0 amide bonds. The molecule has 0 saturated heterocycles. The van der Waals surface area contributed by atoms with Crippen LogP contribution in [0.1, 0.15) is 9.67 Å². The second kappa shape index (κ2) is 3.78. The van der Waals surface area contributed by atoms with Gasteiger partial charge >= 0.3 is 5.97 Å². The van der Waals surface area contributed by atoms with Crippen molar-refractivity contribution in [3.63, 3.8) is 0 Å². The molecule has 0 fully saturated rings. The first kappa shape index (κ1) is 9.35. The minimum Gasteiger partial charge on any atom is -0.494 e. The van der Waals surface area contributed by atoms with Crippen molar-refractivity contribution in [1.29, 1.82) is 0 Å². The first-order chi connectivity index (χ1) is 5.69. The summed E-state index contributed by atoms with van der Waals surface area (Å²) in [4.78, 5) is 11.4. The van der Waals surface area contributed by atoms with Gasteiger partial charge in [0.05, 0.1) is 14.2 Å². The van der Waals surface area contributed by atoms with Crippen LogP contribution in [0.2, 0.25) is 4.34 Å². The molecule has 1 heterocycles. The molecule has 0 bridgehead atoms. The van der Waals surface area contributed by atoms with Gasteiger partial charge in [0.1, 0.15) is 15.0 Å². The van der Waals surface area contributed by atoms with E-state index in [2.05, 4.69) is 4.74 Å². The summed E-state index contributed by atoms with van der Waals surface area (Å²) in [6.45, 7) is 0. The maximum Gasteiger partial charge on any atom is 0.348 e. The lowest BCUT2D eigenvalue weighted by Crippen LogP contribution is -1.96. The van der Waals surface area contributed by atoms with Gasteiger partial charge in [-0.25, -0.2) is 4.79 Å². The second-order valence-corrected chi connectivity index (χ2v) is 3.60. The van der Waals surface area contributed by atoms with E-state index < -0.39 is 5.97 Å². The third-order valence-corrected chi connectivity index (χ3v) is 2.56. The largest absolute Gasteiger partial charge is 0.494 e. The molecule has 0 aliphatic carbocycles. The van der Waals surface area contributed by atoms with E-state index in [-0.39, 0.29) is 0 Å². The lowest BCUT2D eigenvalue weighted by molar-refractivity contribution is 0.0606. The van der Waals surface area contributed by atoms with Crippen LogP contribution in [0.4, 0.5) is 0 Å². The molecule has 0 aromatic carbocycles. The fourth-order valence-corrected chi connectivity index (χ4v) is 1.84. The van der Waals surface area contributed by atoms with Crippen molar-refractivity contribution >= 4 is 28.9 Å². The van der Waals surface area contributed by atoms with Crippen molar-refractivity contribution in [2.24, 2.45) is 0 Å². The van der Waals surface area contributed by atoms with Crippen molar-refractivity contribution < 1.29 is 14.3 Å². The van der Waals surface area contributed by atoms with Crippen LogP contribution in [0, 0.1) is 0 Å². The summed E-state index contributed by atoms with van der Waals surface area (Å²) < 4.78 is 9.85. The zero-order chi connectivity index (χ0) is 9.14. The maximum absolute atomic E-state index is 11.0. The number of halogens is 1. The number of esters is 1. The molecular formula is C7H7ClO3S. The molecule has 1 aromatic rings. The van der Waals surface area contributed by atoms with E-state index >= 15 is 0 Å². The average molecular weight is 207 g/mol. The summed E-state index contributed by atoms with van der Waals surface area (Å²) in [6, 6.07) is 1.55. The van der Waals surface area contributed by atoms with Crippen molar-refractivity contribution in [3.8, 4) is 5.75 Å². The standard InChI is InChI=1S/C7H7ClO3S/c1-10-4-3-5(7(9)11-2)12-6(4)8/h3H,1-2H3. The van der Waals surface area contributed by atoms with E-state index in [0.29, 0.717) is 15.0 Å². The van der Waals surface area contributed by atoms with Gasteiger partial charge in [0, 0.05) is 6.07 Å². The van der Waals surface area contributed by atoms with Crippen LogP contribution in [-0.2, 0) is 4.74 Å². The lowest BCUT2D eigenvalue weighted by Gasteiger charge is -1.92. The molecule has 5 heteroatoms. The molecular weight excluding hydrogens is 200 g/mol. The average Bonchev–Trinajstić information content (AvgIpc) is 2.45. The SMILES string of the molecule is COC(=O)c1cc(OC)c(Cl)s1. The number of carbonyl (C=O) groups is 1. The van der Waals surface area contributed by atoms with Gasteiger partial charge in [0.25, 0.3) is 0 Å². The van der Waals surface area contributed by atoms with Crippen LogP contribution >= 0.6 is 22.9 Å². The van der Waals surface area contributed by atoms with Crippen molar-refractivity contribution in [2.45, 2.75) is 0 Å². The maximum atomic E-state index is 11.0. The summed E-state index contributed by atoms with van der Waals surface area (Å²) in [6.07, 6.45) is 0. The minimum absolute atomic E-state index is 0.398. The highest BCUT2D eigenvalue weighted by Gasteiger charge is 2.13. The zero-order valence-electron chi connectivity index (χ0n) is 6.59. The number of rotatable bonds is 2. The van der Waals surface area contributed by atoms with Crippen LogP contribution in [0.15, 0.2) is 6.07 Å². The smallest absolute Gasteiger partial charge is 0.348 e. The van der Waals surface area contributed by atoms with Crippen LogP contribution in [-0.4, -0.2) is 20.2 Å². The predicted octanol–water partition coefficient (Wildman–Crippen LogP) is 2.20. The van der Waals surface area contributed by atoms with Crippen molar-refractivity contribution in [1.82, 2.24) is 0 Å². The van der Waals surface area contributed by atoms with Crippen molar-refractivity contribution in [2.75, 3.05) is 14.2 Å². The molecule has 0 saturated carbocycles. The molecule has 0 aliphatic heterocycles. The highest BCUT2D eigenvalue weighted by atomic mass is 35.5.